The van der Waals surface area contributed by atoms with Gasteiger partial charge in [0.2, 0.25) is 0 Å². The lowest BCUT2D eigenvalue weighted by atomic mass is 10.2. The molecule has 0 saturated carbocycles. The Morgan fingerprint density at radius 1 is 0.909 bits per heavy atom. The second-order valence-corrected chi connectivity index (χ2v) is 3.31. The molecule has 0 fully saturated rings. The maximum Gasteiger partial charge on any atom is 0.0453 e. The second-order valence-electron chi connectivity index (χ2n) is 3.31. The summed E-state index contributed by atoms with van der Waals surface area (Å²) >= 11 is 0. The summed E-state index contributed by atoms with van der Waals surface area (Å²) in [5, 5.41) is 15.1. The molecule has 72 valence electrons. The van der Waals surface area contributed by atoms with Crippen molar-refractivity contribution in [3.8, 4) is 0 Å². The van der Waals surface area contributed by atoms with Crippen molar-refractivity contribution in [1.82, 2.24) is 0 Å². The van der Waals surface area contributed by atoms with E-state index in [2.05, 4.69) is 20.8 Å². The smallest absolute Gasteiger partial charge is 0.0453 e. The van der Waals surface area contributed by atoms with E-state index in [9.17, 15) is 0 Å². The Bertz CT molecular complexity index is 40.1. The Morgan fingerprint density at radius 2 is 1.00 bits per heavy atom. The summed E-state index contributed by atoms with van der Waals surface area (Å²) < 4.78 is 0. The summed E-state index contributed by atoms with van der Waals surface area (Å²) in [6.07, 6.45) is 0. The van der Waals surface area contributed by atoms with Crippen molar-refractivity contribution in [3.05, 3.63) is 0 Å². The Morgan fingerprint density at radius 3 is 1.00 bits per heavy atom. The molecule has 0 aliphatic heterocycles. The highest BCUT2D eigenvalue weighted by Crippen LogP contribution is 1.83. The second kappa shape index (κ2) is 16.5. The lowest BCUT2D eigenvalue weighted by molar-refractivity contribution is 0.248. The molecule has 2 heteroatoms. The highest BCUT2D eigenvalue weighted by atomic mass is 16.3. The van der Waals surface area contributed by atoms with Crippen LogP contribution in [0.4, 0.5) is 0 Å². The van der Waals surface area contributed by atoms with E-state index < -0.39 is 0 Å². The fourth-order valence-corrected chi connectivity index (χ4v) is 0. The van der Waals surface area contributed by atoms with E-state index in [1.54, 1.807) is 0 Å². The zero-order valence-electron chi connectivity index (χ0n) is 8.76. The predicted octanol–water partition coefficient (Wildman–Crippen LogP) is 1.91. The molecule has 0 aliphatic carbocycles. The summed E-state index contributed by atoms with van der Waals surface area (Å²) in [5.74, 6) is 1.27. The third-order valence-corrected chi connectivity index (χ3v) is 0.365. The minimum absolute atomic E-state index is 0.306. The average molecular weight is 164 g/mol. The minimum atomic E-state index is 0.306. The first-order chi connectivity index (χ1) is 5.00. The van der Waals surface area contributed by atoms with Crippen LogP contribution in [0, 0.1) is 11.8 Å². The maximum absolute atomic E-state index is 8.14. The molecule has 0 rings (SSSR count). The van der Waals surface area contributed by atoms with Crippen LogP contribution in [0.1, 0.15) is 34.6 Å². The van der Waals surface area contributed by atoms with Gasteiger partial charge in [-0.2, -0.15) is 0 Å². The van der Waals surface area contributed by atoms with Gasteiger partial charge in [0.05, 0.1) is 0 Å². The molecule has 0 aromatic rings. The normalized spacial score (nSPS) is 8.18. The fourth-order valence-electron chi connectivity index (χ4n) is 0. The number of hydrogen-bond acceptors (Lipinski definition) is 2. The van der Waals surface area contributed by atoms with Crippen LogP contribution in [0.5, 0.6) is 0 Å². The van der Waals surface area contributed by atoms with Crippen LogP contribution >= 0.6 is 0 Å². The predicted molar refractivity (Wildman–Crippen MR) is 50.6 cm³/mol. The largest absolute Gasteiger partial charge is 0.400 e. The Labute approximate surface area is 71.3 Å². The van der Waals surface area contributed by atoms with Gasteiger partial charge in [-0.15, -0.1) is 0 Å². The van der Waals surface area contributed by atoms with Crippen molar-refractivity contribution >= 4 is 0 Å². The lowest BCUT2D eigenvalue weighted by Gasteiger charge is -1.90. The van der Waals surface area contributed by atoms with Gasteiger partial charge < -0.3 is 10.2 Å². The molecule has 0 saturated heterocycles. The zero-order valence-corrected chi connectivity index (χ0v) is 8.76. The summed E-state index contributed by atoms with van der Waals surface area (Å²) in [7, 11) is 1.00. The molecule has 0 aliphatic rings. The summed E-state index contributed by atoms with van der Waals surface area (Å²) in [6.45, 7) is 10.7. The zero-order chi connectivity index (χ0) is 9.86. The van der Waals surface area contributed by atoms with Crippen LogP contribution in [0.25, 0.3) is 0 Å². The Hall–Kier alpha value is -0.0800. The highest BCUT2D eigenvalue weighted by Gasteiger charge is 1.81. The first-order valence-corrected chi connectivity index (χ1v) is 4.06. The van der Waals surface area contributed by atoms with Crippen molar-refractivity contribution in [2.75, 3.05) is 13.7 Å². The van der Waals surface area contributed by atoms with Crippen LogP contribution in [0.15, 0.2) is 0 Å². The van der Waals surface area contributed by atoms with Gasteiger partial charge in [0, 0.05) is 13.7 Å². The van der Waals surface area contributed by atoms with E-state index in [0.717, 1.165) is 13.0 Å². The minimum Gasteiger partial charge on any atom is -0.400 e. The topological polar surface area (TPSA) is 40.5 Å². The van der Waals surface area contributed by atoms with E-state index in [4.69, 9.17) is 10.2 Å². The molecule has 0 amide bonds. The fraction of sp³-hybridized carbons (Fsp3) is 1.00. The molecule has 2 N–H and O–H groups in total. The molecule has 0 unspecified atom stereocenters. The SMILES string of the molecule is CC(C)C.CC(C)CO.CO. The molecule has 2 nitrogen and oxygen atoms in total. The van der Waals surface area contributed by atoms with Crippen molar-refractivity contribution < 1.29 is 10.2 Å². The molecule has 0 aromatic heterocycles. The molecule has 11 heavy (non-hydrogen) atoms. The third-order valence-electron chi connectivity index (χ3n) is 0.365. The maximum atomic E-state index is 8.14. The van der Waals surface area contributed by atoms with Crippen LogP contribution in [-0.2, 0) is 0 Å². The number of aliphatic hydroxyl groups excluding tert-OH is 2. The molecule has 0 spiro atoms. The molecule has 0 atom stereocenters. The molecule has 0 heterocycles. The van der Waals surface area contributed by atoms with Crippen molar-refractivity contribution in [3.63, 3.8) is 0 Å². The van der Waals surface area contributed by atoms with Gasteiger partial charge in [-0.25, -0.2) is 0 Å². The van der Waals surface area contributed by atoms with Gasteiger partial charge in [0.15, 0.2) is 0 Å². The van der Waals surface area contributed by atoms with Gasteiger partial charge in [-0.3, -0.25) is 0 Å². The monoisotopic (exact) mass is 164 g/mol. The van der Waals surface area contributed by atoms with E-state index >= 15 is 0 Å². The molecule has 0 radical (unpaired) electrons. The van der Waals surface area contributed by atoms with Gasteiger partial charge in [0.1, 0.15) is 0 Å². The van der Waals surface area contributed by atoms with Crippen molar-refractivity contribution in [2.45, 2.75) is 34.6 Å². The van der Waals surface area contributed by atoms with Gasteiger partial charge >= 0.3 is 0 Å². The van der Waals surface area contributed by atoms with Crippen molar-refractivity contribution in [1.29, 1.82) is 0 Å². The molecule has 0 bridgehead atoms. The molecule has 0 aromatic carbocycles. The summed E-state index contributed by atoms with van der Waals surface area (Å²) in [4.78, 5) is 0. The van der Waals surface area contributed by atoms with Crippen LogP contribution in [0.3, 0.4) is 0 Å². The van der Waals surface area contributed by atoms with Gasteiger partial charge in [-0.05, 0) is 11.8 Å². The quantitative estimate of drug-likeness (QED) is 0.621. The van der Waals surface area contributed by atoms with Crippen LogP contribution < -0.4 is 0 Å². The number of rotatable bonds is 1. The first kappa shape index (κ1) is 17.1. The van der Waals surface area contributed by atoms with E-state index in [1.165, 1.54) is 0 Å². The van der Waals surface area contributed by atoms with E-state index in [1.807, 2.05) is 13.8 Å². The molecular formula is C9H24O2. The third kappa shape index (κ3) is 169. The van der Waals surface area contributed by atoms with Crippen LogP contribution in [-0.4, -0.2) is 23.9 Å². The molecular weight excluding hydrogens is 140 g/mol. The standard InChI is InChI=1S/C4H10O.C4H10.CH4O/c1-4(2)3-5;1-4(2)3;1-2/h4-5H,3H2,1-2H3;4H,1-3H3;2H,1H3. The Kier molecular flexibility index (Phi) is 25.7. The van der Waals surface area contributed by atoms with E-state index in [0.29, 0.717) is 12.5 Å². The van der Waals surface area contributed by atoms with E-state index in [-0.39, 0.29) is 0 Å². The first-order valence-electron chi connectivity index (χ1n) is 4.06. The summed E-state index contributed by atoms with van der Waals surface area (Å²) in [6, 6.07) is 0. The average Bonchev–Trinajstić information content (AvgIpc) is 1.91. The summed E-state index contributed by atoms with van der Waals surface area (Å²) in [5.41, 5.74) is 0. The highest BCUT2D eigenvalue weighted by molar-refractivity contribution is 4.32. The lowest BCUT2D eigenvalue weighted by Crippen LogP contribution is -1.90. The van der Waals surface area contributed by atoms with Gasteiger partial charge in [-0.1, -0.05) is 34.6 Å². The van der Waals surface area contributed by atoms with Crippen LogP contribution in [0.2, 0.25) is 0 Å². The number of hydrogen-bond donors (Lipinski definition) is 2. The number of aliphatic hydroxyl groups is 2. The van der Waals surface area contributed by atoms with Crippen molar-refractivity contribution in [2.24, 2.45) is 11.8 Å². The Balaban J connectivity index is -0.0000000965. The van der Waals surface area contributed by atoms with Gasteiger partial charge in [0.25, 0.3) is 0 Å².